The highest BCUT2D eigenvalue weighted by Gasteiger charge is 2.15. The number of hydrogen-bond acceptors (Lipinski definition) is 4. The van der Waals surface area contributed by atoms with Crippen LogP contribution in [0.5, 0.6) is 11.5 Å². The first kappa shape index (κ1) is 12.0. The second-order valence-electron chi connectivity index (χ2n) is 3.38. The molecule has 0 heterocycles. The maximum absolute atomic E-state index is 10.8. The molecule has 0 saturated carbocycles. The number of phenols is 2. The Morgan fingerprint density at radius 1 is 1.44 bits per heavy atom. The maximum Gasteiger partial charge on any atom is 0.312 e. The molecule has 1 rings (SSSR count). The van der Waals surface area contributed by atoms with Crippen LogP contribution in [0.3, 0.4) is 0 Å². The Hall–Kier alpha value is -2.04. The smallest absolute Gasteiger partial charge is 0.312 e. The summed E-state index contributed by atoms with van der Waals surface area (Å²) in [6, 6.07) is 4.23. The third-order valence-corrected chi connectivity index (χ3v) is 2.14. The molecule has 5 heteroatoms. The predicted octanol–water partition coefficient (Wildman–Crippen LogP) is 1.04. The zero-order valence-electron chi connectivity index (χ0n) is 8.79. The zero-order chi connectivity index (χ0) is 12.1. The van der Waals surface area contributed by atoms with Crippen LogP contribution in [-0.4, -0.2) is 34.6 Å². The van der Waals surface area contributed by atoms with Crippen LogP contribution < -0.4 is 0 Å². The summed E-state index contributed by atoms with van der Waals surface area (Å²) in [5.41, 5.74) is 0.627. The lowest BCUT2D eigenvalue weighted by Crippen LogP contribution is -2.17. The second kappa shape index (κ2) is 5.16. The molecular weight excluding hydrogens is 210 g/mol. The minimum absolute atomic E-state index is 0.222. The zero-order valence-corrected chi connectivity index (χ0v) is 8.79. The summed E-state index contributed by atoms with van der Waals surface area (Å²) in [5.74, 6) is -2.18. The number of carboxylic acids is 1. The average Bonchev–Trinajstić information content (AvgIpc) is 2.22. The van der Waals surface area contributed by atoms with E-state index in [-0.39, 0.29) is 17.9 Å². The summed E-state index contributed by atoms with van der Waals surface area (Å²) < 4.78 is 0. The molecule has 1 atom stereocenters. The first-order valence-electron chi connectivity index (χ1n) is 4.70. The van der Waals surface area contributed by atoms with E-state index in [0.717, 1.165) is 0 Å². The molecule has 0 aromatic heterocycles. The standard InChI is InChI=1S/C11H13NO4/c1-12-6-8(11(15)16)4-7-2-3-9(13)10(14)5-7/h2-3,5-6,8,13-14H,4H2,1H3,(H,15,16). The quantitative estimate of drug-likeness (QED) is 0.525. The third-order valence-electron chi connectivity index (χ3n) is 2.14. The maximum atomic E-state index is 10.8. The van der Waals surface area contributed by atoms with Crippen LogP contribution in [0, 0.1) is 5.92 Å². The molecule has 0 radical (unpaired) electrons. The fourth-order valence-electron chi connectivity index (χ4n) is 1.33. The molecule has 0 spiro atoms. The van der Waals surface area contributed by atoms with Crippen molar-refractivity contribution in [3.8, 4) is 11.5 Å². The summed E-state index contributed by atoms with van der Waals surface area (Å²) >= 11 is 0. The minimum atomic E-state index is -0.974. The van der Waals surface area contributed by atoms with Crippen molar-refractivity contribution < 1.29 is 20.1 Å². The fraction of sp³-hybridized carbons (Fsp3) is 0.273. The van der Waals surface area contributed by atoms with E-state index in [9.17, 15) is 9.90 Å². The monoisotopic (exact) mass is 223 g/mol. The first-order valence-corrected chi connectivity index (χ1v) is 4.70. The van der Waals surface area contributed by atoms with E-state index in [0.29, 0.717) is 5.56 Å². The SMILES string of the molecule is CN=CC(Cc1ccc(O)c(O)c1)C(=O)O. The van der Waals surface area contributed by atoms with Gasteiger partial charge < -0.3 is 15.3 Å². The van der Waals surface area contributed by atoms with Crippen LogP contribution in [-0.2, 0) is 11.2 Å². The number of benzene rings is 1. The molecule has 0 aliphatic rings. The number of aliphatic carboxylic acids is 1. The number of phenolic OH excluding ortho intramolecular Hbond substituents is 2. The lowest BCUT2D eigenvalue weighted by molar-refractivity contribution is -0.139. The van der Waals surface area contributed by atoms with Gasteiger partial charge in [-0.3, -0.25) is 9.79 Å². The van der Waals surface area contributed by atoms with Gasteiger partial charge in [-0.05, 0) is 24.1 Å². The van der Waals surface area contributed by atoms with Crippen LogP contribution >= 0.6 is 0 Å². The number of hydrogen-bond donors (Lipinski definition) is 3. The fourth-order valence-corrected chi connectivity index (χ4v) is 1.33. The lowest BCUT2D eigenvalue weighted by atomic mass is 10.0. The molecule has 16 heavy (non-hydrogen) atoms. The van der Waals surface area contributed by atoms with Crippen LogP contribution in [0.15, 0.2) is 23.2 Å². The van der Waals surface area contributed by atoms with Gasteiger partial charge in [-0.2, -0.15) is 0 Å². The Labute approximate surface area is 92.7 Å². The highest BCUT2D eigenvalue weighted by atomic mass is 16.4. The number of nitrogens with zero attached hydrogens (tertiary/aromatic N) is 1. The molecule has 0 aliphatic carbocycles. The molecule has 0 bridgehead atoms. The van der Waals surface area contributed by atoms with Gasteiger partial charge in [0.25, 0.3) is 0 Å². The Balaban J connectivity index is 2.85. The summed E-state index contributed by atoms with van der Waals surface area (Å²) in [6.07, 6.45) is 1.56. The Morgan fingerprint density at radius 3 is 2.62 bits per heavy atom. The van der Waals surface area contributed by atoms with E-state index in [1.165, 1.54) is 25.4 Å². The Bertz CT molecular complexity index is 414. The number of rotatable bonds is 4. The number of aromatic hydroxyl groups is 2. The van der Waals surface area contributed by atoms with Crippen LogP contribution in [0.4, 0.5) is 0 Å². The normalized spacial score (nSPS) is 12.8. The molecule has 1 unspecified atom stereocenters. The Morgan fingerprint density at radius 2 is 2.12 bits per heavy atom. The van der Waals surface area contributed by atoms with Gasteiger partial charge >= 0.3 is 5.97 Å². The van der Waals surface area contributed by atoms with Crippen molar-refractivity contribution in [2.45, 2.75) is 6.42 Å². The highest BCUT2D eigenvalue weighted by molar-refractivity contribution is 5.88. The van der Waals surface area contributed by atoms with Gasteiger partial charge in [0.05, 0.1) is 5.92 Å². The molecular formula is C11H13NO4. The molecule has 0 aliphatic heterocycles. The van der Waals surface area contributed by atoms with Crippen LogP contribution in [0.2, 0.25) is 0 Å². The van der Waals surface area contributed by atoms with Gasteiger partial charge in [-0.1, -0.05) is 6.07 Å². The van der Waals surface area contributed by atoms with Crippen LogP contribution in [0.1, 0.15) is 5.56 Å². The number of aliphatic imine (C=N–C) groups is 1. The van der Waals surface area contributed by atoms with Gasteiger partial charge in [0.2, 0.25) is 0 Å². The first-order chi connectivity index (χ1) is 7.54. The molecule has 86 valence electrons. The van der Waals surface area contributed by atoms with Crippen molar-refractivity contribution >= 4 is 12.2 Å². The van der Waals surface area contributed by atoms with Gasteiger partial charge in [0, 0.05) is 13.3 Å². The largest absolute Gasteiger partial charge is 0.504 e. The molecule has 0 saturated heterocycles. The molecule has 1 aromatic carbocycles. The van der Waals surface area contributed by atoms with E-state index in [1.54, 1.807) is 6.07 Å². The predicted molar refractivity (Wildman–Crippen MR) is 59.0 cm³/mol. The van der Waals surface area contributed by atoms with Crippen molar-refractivity contribution in [3.05, 3.63) is 23.8 Å². The second-order valence-corrected chi connectivity index (χ2v) is 3.38. The minimum Gasteiger partial charge on any atom is -0.504 e. The van der Waals surface area contributed by atoms with Crippen molar-refractivity contribution in [2.24, 2.45) is 10.9 Å². The number of carbonyl (C=O) groups is 1. The third kappa shape index (κ3) is 2.98. The van der Waals surface area contributed by atoms with E-state index in [4.69, 9.17) is 10.2 Å². The summed E-state index contributed by atoms with van der Waals surface area (Å²) in [7, 11) is 1.50. The van der Waals surface area contributed by atoms with E-state index >= 15 is 0 Å². The summed E-state index contributed by atoms with van der Waals surface area (Å²) in [4.78, 5) is 14.5. The van der Waals surface area contributed by atoms with Crippen LogP contribution in [0.25, 0.3) is 0 Å². The van der Waals surface area contributed by atoms with Crippen molar-refractivity contribution in [2.75, 3.05) is 7.05 Å². The Kier molecular flexibility index (Phi) is 3.88. The highest BCUT2D eigenvalue weighted by Crippen LogP contribution is 2.25. The molecule has 1 aromatic rings. The van der Waals surface area contributed by atoms with E-state index < -0.39 is 11.9 Å². The molecule has 3 N–H and O–H groups in total. The van der Waals surface area contributed by atoms with Gasteiger partial charge in [-0.15, -0.1) is 0 Å². The molecule has 0 fully saturated rings. The summed E-state index contributed by atoms with van der Waals surface area (Å²) in [5, 5.41) is 27.2. The molecule has 5 nitrogen and oxygen atoms in total. The van der Waals surface area contributed by atoms with Crippen molar-refractivity contribution in [1.82, 2.24) is 0 Å². The van der Waals surface area contributed by atoms with Crippen molar-refractivity contribution in [3.63, 3.8) is 0 Å². The molecule has 0 amide bonds. The van der Waals surface area contributed by atoms with Gasteiger partial charge in [-0.25, -0.2) is 0 Å². The van der Waals surface area contributed by atoms with Gasteiger partial charge in [0.15, 0.2) is 11.5 Å². The summed E-state index contributed by atoms with van der Waals surface area (Å²) in [6.45, 7) is 0. The van der Waals surface area contributed by atoms with E-state index in [2.05, 4.69) is 4.99 Å². The van der Waals surface area contributed by atoms with Gasteiger partial charge in [0.1, 0.15) is 0 Å². The average molecular weight is 223 g/mol. The lowest BCUT2D eigenvalue weighted by Gasteiger charge is -2.07. The number of carboxylic acid groups (broad SMARTS) is 1. The van der Waals surface area contributed by atoms with Crippen molar-refractivity contribution in [1.29, 1.82) is 0 Å². The topological polar surface area (TPSA) is 90.1 Å². The van der Waals surface area contributed by atoms with E-state index in [1.807, 2.05) is 0 Å².